The molecule has 152 valence electrons. The second-order valence-corrected chi connectivity index (χ2v) is 7.73. The SMILES string of the molecule is CCNS(=O)(=O)c1cc(-c2cc(C(=O)Nc3ccc(F)cc3)[nH]n2)ccc1OC. The second kappa shape index (κ2) is 8.41. The molecule has 0 atom stereocenters. The predicted octanol–water partition coefficient (Wildman–Crippen LogP) is 2.77. The first-order valence-electron chi connectivity index (χ1n) is 8.64. The van der Waals surface area contributed by atoms with Crippen molar-refractivity contribution in [2.45, 2.75) is 11.8 Å². The van der Waals surface area contributed by atoms with Gasteiger partial charge in [0.1, 0.15) is 22.2 Å². The molecule has 0 unspecified atom stereocenters. The first-order chi connectivity index (χ1) is 13.8. The summed E-state index contributed by atoms with van der Waals surface area (Å²) >= 11 is 0. The third kappa shape index (κ3) is 4.61. The van der Waals surface area contributed by atoms with E-state index >= 15 is 0 Å². The fraction of sp³-hybridized carbons (Fsp3) is 0.158. The molecule has 29 heavy (non-hydrogen) atoms. The lowest BCUT2D eigenvalue weighted by Crippen LogP contribution is -2.23. The van der Waals surface area contributed by atoms with Crippen molar-refractivity contribution >= 4 is 21.6 Å². The number of ether oxygens (including phenoxy) is 1. The number of benzene rings is 2. The first kappa shape index (κ1) is 20.5. The summed E-state index contributed by atoms with van der Waals surface area (Å²) in [5, 5.41) is 9.32. The highest BCUT2D eigenvalue weighted by atomic mass is 32.2. The Kier molecular flexibility index (Phi) is 5.95. The van der Waals surface area contributed by atoms with Gasteiger partial charge in [-0.2, -0.15) is 5.10 Å². The molecular formula is C19H19FN4O4S. The number of anilines is 1. The van der Waals surface area contributed by atoms with Crippen LogP contribution in [0.4, 0.5) is 10.1 Å². The molecule has 10 heteroatoms. The Bertz CT molecular complexity index is 1130. The lowest BCUT2D eigenvalue weighted by molar-refractivity contribution is 0.102. The second-order valence-electron chi connectivity index (χ2n) is 5.99. The van der Waals surface area contributed by atoms with Gasteiger partial charge in [-0.3, -0.25) is 9.89 Å². The molecule has 0 aliphatic rings. The van der Waals surface area contributed by atoms with E-state index in [1.54, 1.807) is 13.0 Å². The van der Waals surface area contributed by atoms with Crippen LogP contribution in [0.25, 0.3) is 11.3 Å². The lowest BCUT2D eigenvalue weighted by atomic mass is 10.1. The minimum Gasteiger partial charge on any atom is -0.495 e. The fourth-order valence-corrected chi connectivity index (χ4v) is 3.87. The van der Waals surface area contributed by atoms with Gasteiger partial charge in [-0.15, -0.1) is 0 Å². The maximum atomic E-state index is 13.0. The number of amides is 1. The van der Waals surface area contributed by atoms with Crippen LogP contribution in [0.15, 0.2) is 53.4 Å². The number of sulfonamides is 1. The van der Waals surface area contributed by atoms with E-state index in [-0.39, 0.29) is 22.9 Å². The molecule has 3 N–H and O–H groups in total. The Morgan fingerprint density at radius 1 is 1.17 bits per heavy atom. The largest absolute Gasteiger partial charge is 0.495 e. The van der Waals surface area contributed by atoms with E-state index in [2.05, 4.69) is 20.2 Å². The van der Waals surface area contributed by atoms with Gasteiger partial charge >= 0.3 is 0 Å². The van der Waals surface area contributed by atoms with Crippen LogP contribution < -0.4 is 14.8 Å². The maximum Gasteiger partial charge on any atom is 0.273 e. The quantitative estimate of drug-likeness (QED) is 0.546. The van der Waals surface area contributed by atoms with Crippen molar-refractivity contribution in [2.75, 3.05) is 19.0 Å². The van der Waals surface area contributed by atoms with Crippen molar-refractivity contribution < 1.29 is 22.3 Å². The predicted molar refractivity (Wildman–Crippen MR) is 106 cm³/mol. The number of hydrogen-bond donors (Lipinski definition) is 3. The Morgan fingerprint density at radius 3 is 2.55 bits per heavy atom. The molecule has 0 spiro atoms. The number of methoxy groups -OCH3 is 1. The van der Waals surface area contributed by atoms with Crippen LogP contribution in [-0.4, -0.2) is 38.2 Å². The Balaban J connectivity index is 1.88. The number of carbonyl (C=O) groups is 1. The summed E-state index contributed by atoms with van der Waals surface area (Å²) in [4.78, 5) is 12.3. The van der Waals surface area contributed by atoms with E-state index in [4.69, 9.17) is 4.74 Å². The van der Waals surface area contributed by atoms with E-state index in [1.165, 1.54) is 49.6 Å². The van der Waals surface area contributed by atoms with Crippen LogP contribution in [0.5, 0.6) is 5.75 Å². The molecule has 0 saturated carbocycles. The van der Waals surface area contributed by atoms with E-state index in [0.717, 1.165) is 0 Å². The van der Waals surface area contributed by atoms with E-state index in [9.17, 15) is 17.6 Å². The zero-order chi connectivity index (χ0) is 21.0. The molecule has 0 fully saturated rings. The highest BCUT2D eigenvalue weighted by Gasteiger charge is 2.20. The number of hydrogen-bond acceptors (Lipinski definition) is 5. The maximum absolute atomic E-state index is 13.0. The molecule has 0 aliphatic carbocycles. The van der Waals surface area contributed by atoms with Gasteiger partial charge in [0, 0.05) is 17.8 Å². The third-order valence-electron chi connectivity index (χ3n) is 4.01. The number of aromatic amines is 1. The van der Waals surface area contributed by atoms with Gasteiger partial charge in [0.05, 0.1) is 12.8 Å². The van der Waals surface area contributed by atoms with E-state index < -0.39 is 21.7 Å². The third-order valence-corrected chi connectivity index (χ3v) is 5.57. The summed E-state index contributed by atoms with van der Waals surface area (Å²) in [6.45, 7) is 1.90. The smallest absolute Gasteiger partial charge is 0.273 e. The van der Waals surface area contributed by atoms with Crippen LogP contribution in [0.3, 0.4) is 0 Å². The molecule has 0 bridgehead atoms. The molecule has 1 aromatic heterocycles. The number of rotatable bonds is 7. The van der Waals surface area contributed by atoms with Crippen LogP contribution in [0, 0.1) is 5.82 Å². The molecule has 1 heterocycles. The van der Waals surface area contributed by atoms with Crippen LogP contribution in [0.2, 0.25) is 0 Å². The number of halogens is 1. The summed E-state index contributed by atoms with van der Waals surface area (Å²) in [6.07, 6.45) is 0. The zero-order valence-electron chi connectivity index (χ0n) is 15.7. The van der Waals surface area contributed by atoms with Gasteiger partial charge in [-0.05, 0) is 48.5 Å². The van der Waals surface area contributed by atoms with Gasteiger partial charge in [0.25, 0.3) is 5.91 Å². The number of H-pyrrole nitrogens is 1. The van der Waals surface area contributed by atoms with Crippen molar-refractivity contribution in [3.05, 3.63) is 60.0 Å². The molecule has 0 saturated heterocycles. The van der Waals surface area contributed by atoms with Crippen LogP contribution >= 0.6 is 0 Å². The highest BCUT2D eigenvalue weighted by molar-refractivity contribution is 7.89. The van der Waals surface area contributed by atoms with E-state index in [0.29, 0.717) is 16.9 Å². The topological polar surface area (TPSA) is 113 Å². The van der Waals surface area contributed by atoms with Gasteiger partial charge in [0.2, 0.25) is 10.0 Å². The molecule has 3 rings (SSSR count). The Hall–Kier alpha value is -3.24. The zero-order valence-corrected chi connectivity index (χ0v) is 16.5. The average Bonchev–Trinajstić information content (AvgIpc) is 3.19. The van der Waals surface area contributed by atoms with Crippen molar-refractivity contribution in [3.8, 4) is 17.0 Å². The average molecular weight is 418 g/mol. The van der Waals surface area contributed by atoms with Crippen molar-refractivity contribution in [2.24, 2.45) is 0 Å². The summed E-state index contributed by atoms with van der Waals surface area (Å²) in [7, 11) is -2.38. The Morgan fingerprint density at radius 2 is 1.90 bits per heavy atom. The molecular weight excluding hydrogens is 399 g/mol. The summed E-state index contributed by atoms with van der Waals surface area (Å²) in [5.74, 6) is -0.682. The van der Waals surface area contributed by atoms with Crippen molar-refractivity contribution in [1.82, 2.24) is 14.9 Å². The monoisotopic (exact) mass is 418 g/mol. The highest BCUT2D eigenvalue weighted by Crippen LogP contribution is 2.29. The summed E-state index contributed by atoms with van der Waals surface area (Å²) in [6, 6.07) is 11.4. The minimum atomic E-state index is -3.76. The van der Waals surface area contributed by atoms with Gasteiger partial charge < -0.3 is 10.1 Å². The summed E-state index contributed by atoms with van der Waals surface area (Å²) < 4.78 is 45.4. The number of nitrogens with zero attached hydrogens (tertiary/aromatic N) is 1. The standard InChI is InChI=1S/C19H19FN4O4S/c1-3-21-29(26,27)18-10-12(4-9-17(18)28-2)15-11-16(24-23-15)19(25)22-14-7-5-13(20)6-8-14/h4-11,21H,3H2,1-2H3,(H,22,25)(H,23,24). The molecule has 3 aromatic rings. The molecule has 2 aromatic carbocycles. The van der Waals surface area contributed by atoms with Crippen molar-refractivity contribution in [1.29, 1.82) is 0 Å². The van der Waals surface area contributed by atoms with E-state index in [1.807, 2.05) is 0 Å². The van der Waals surface area contributed by atoms with Crippen LogP contribution in [-0.2, 0) is 10.0 Å². The van der Waals surface area contributed by atoms with Gasteiger partial charge in [-0.1, -0.05) is 6.92 Å². The number of aromatic nitrogens is 2. The molecule has 0 radical (unpaired) electrons. The van der Waals surface area contributed by atoms with Crippen LogP contribution in [0.1, 0.15) is 17.4 Å². The van der Waals surface area contributed by atoms with Gasteiger partial charge in [0.15, 0.2) is 0 Å². The minimum absolute atomic E-state index is 0.0281. The normalized spacial score (nSPS) is 11.3. The molecule has 1 amide bonds. The fourth-order valence-electron chi connectivity index (χ4n) is 2.63. The van der Waals surface area contributed by atoms with Gasteiger partial charge in [-0.25, -0.2) is 17.5 Å². The van der Waals surface area contributed by atoms with Crippen molar-refractivity contribution in [3.63, 3.8) is 0 Å². The molecule has 0 aliphatic heterocycles. The summed E-state index contributed by atoms with van der Waals surface area (Å²) in [5.41, 5.74) is 1.46. The lowest BCUT2D eigenvalue weighted by Gasteiger charge is -2.11. The first-order valence-corrected chi connectivity index (χ1v) is 10.1. The number of nitrogens with one attached hydrogen (secondary N) is 3. The number of carbonyl (C=O) groups excluding carboxylic acids is 1. The Labute approximate surface area is 167 Å². The molecule has 8 nitrogen and oxygen atoms in total.